The van der Waals surface area contributed by atoms with E-state index in [2.05, 4.69) is 25.9 Å². The molecule has 3 nitrogen and oxygen atoms in total. The van der Waals surface area contributed by atoms with Crippen molar-refractivity contribution in [1.82, 2.24) is 9.97 Å². The predicted octanol–water partition coefficient (Wildman–Crippen LogP) is 1.99. The Balaban J connectivity index is 3.03. The minimum atomic E-state index is -0.111. The smallest absolute Gasteiger partial charge is 0.259 e. The van der Waals surface area contributed by atoms with Crippen LogP contribution in [0.4, 0.5) is 0 Å². The van der Waals surface area contributed by atoms with Crippen LogP contribution in [0.5, 0.6) is 0 Å². The maximum Gasteiger partial charge on any atom is 0.259 e. The Morgan fingerprint density at radius 2 is 2.23 bits per heavy atom. The first kappa shape index (κ1) is 8.44. The monoisotopic (exact) mass is 238 g/mol. The number of rotatable bonds is 0. The van der Waals surface area contributed by atoms with Gasteiger partial charge in [0, 0.05) is 0 Å². The van der Waals surface area contributed by atoms with Crippen LogP contribution in [0.15, 0.2) is 27.7 Å². The maximum absolute atomic E-state index is 11.4. The van der Waals surface area contributed by atoms with Crippen molar-refractivity contribution in [2.45, 2.75) is 6.92 Å². The number of hydrogen-bond acceptors (Lipinski definition) is 2. The fraction of sp³-hybridized carbons (Fsp3) is 0.111. The summed E-state index contributed by atoms with van der Waals surface area (Å²) in [5.74, 6) is 0. The predicted molar refractivity (Wildman–Crippen MR) is 54.8 cm³/mol. The molecule has 66 valence electrons. The highest BCUT2D eigenvalue weighted by Gasteiger charge is 2.02. The Labute approximate surface area is 82.9 Å². The number of hydrogen-bond donors (Lipinski definition) is 1. The molecule has 2 rings (SSSR count). The second kappa shape index (κ2) is 2.96. The molecule has 0 radical (unpaired) electrons. The zero-order valence-corrected chi connectivity index (χ0v) is 8.55. The summed E-state index contributed by atoms with van der Waals surface area (Å²) in [5.41, 5.74) is 1.64. The van der Waals surface area contributed by atoms with Crippen LogP contribution in [0.25, 0.3) is 10.9 Å². The second-order valence-electron chi connectivity index (χ2n) is 2.83. The van der Waals surface area contributed by atoms with Gasteiger partial charge in [-0.3, -0.25) is 4.79 Å². The van der Waals surface area contributed by atoms with Crippen molar-refractivity contribution in [1.29, 1.82) is 0 Å². The van der Waals surface area contributed by atoms with Gasteiger partial charge in [0.15, 0.2) is 4.73 Å². The number of nitrogens with zero attached hydrogens (tertiary/aromatic N) is 1. The molecule has 4 heteroatoms. The van der Waals surface area contributed by atoms with Gasteiger partial charge in [-0.05, 0) is 34.5 Å². The Kier molecular flexibility index (Phi) is 1.92. The highest BCUT2D eigenvalue weighted by Crippen LogP contribution is 2.13. The first-order valence-electron chi connectivity index (χ1n) is 3.83. The molecule has 1 heterocycles. The maximum atomic E-state index is 11.4. The number of aromatic nitrogens is 2. The molecule has 0 atom stereocenters. The van der Waals surface area contributed by atoms with E-state index in [-0.39, 0.29) is 5.56 Å². The highest BCUT2D eigenvalue weighted by molar-refractivity contribution is 9.10. The zero-order valence-electron chi connectivity index (χ0n) is 6.97. The van der Waals surface area contributed by atoms with Gasteiger partial charge in [-0.1, -0.05) is 12.1 Å². The van der Waals surface area contributed by atoms with Crippen molar-refractivity contribution in [3.8, 4) is 0 Å². The number of aromatic amines is 1. The molecule has 1 aromatic carbocycles. The van der Waals surface area contributed by atoms with Gasteiger partial charge in [0.2, 0.25) is 0 Å². The van der Waals surface area contributed by atoms with Gasteiger partial charge in [0.1, 0.15) is 0 Å². The first-order valence-corrected chi connectivity index (χ1v) is 4.63. The SMILES string of the molecule is Cc1cccc2c(=O)[nH]c(Br)nc12. The highest BCUT2D eigenvalue weighted by atomic mass is 79.9. The molecule has 0 aliphatic carbocycles. The summed E-state index contributed by atoms with van der Waals surface area (Å²) in [4.78, 5) is 18.2. The minimum Gasteiger partial charge on any atom is -0.301 e. The Hall–Kier alpha value is -1.16. The summed E-state index contributed by atoms with van der Waals surface area (Å²) in [7, 11) is 0. The van der Waals surface area contributed by atoms with Crippen LogP contribution in [0.3, 0.4) is 0 Å². The molecule has 0 fully saturated rings. The second-order valence-corrected chi connectivity index (χ2v) is 3.58. The molecule has 0 bridgehead atoms. The average molecular weight is 239 g/mol. The number of para-hydroxylation sites is 1. The lowest BCUT2D eigenvalue weighted by atomic mass is 10.1. The fourth-order valence-electron chi connectivity index (χ4n) is 1.28. The number of H-pyrrole nitrogens is 1. The lowest BCUT2D eigenvalue weighted by Gasteiger charge is -1.99. The van der Waals surface area contributed by atoms with Crippen molar-refractivity contribution < 1.29 is 0 Å². The van der Waals surface area contributed by atoms with E-state index in [1.54, 1.807) is 6.07 Å². The van der Waals surface area contributed by atoms with E-state index in [9.17, 15) is 4.79 Å². The van der Waals surface area contributed by atoms with Crippen LogP contribution in [0.1, 0.15) is 5.56 Å². The van der Waals surface area contributed by atoms with Crippen molar-refractivity contribution in [3.63, 3.8) is 0 Å². The Morgan fingerprint density at radius 3 is 3.00 bits per heavy atom. The molecule has 0 aliphatic heterocycles. The molecule has 1 aromatic heterocycles. The molecule has 0 aliphatic rings. The number of benzene rings is 1. The van der Waals surface area contributed by atoms with Crippen molar-refractivity contribution >= 4 is 26.8 Å². The summed E-state index contributed by atoms with van der Waals surface area (Å²) in [6, 6.07) is 5.55. The molecular weight excluding hydrogens is 232 g/mol. The quantitative estimate of drug-likeness (QED) is 0.714. The van der Waals surface area contributed by atoms with Crippen molar-refractivity contribution in [2.24, 2.45) is 0 Å². The first-order chi connectivity index (χ1) is 6.18. The molecule has 0 saturated heterocycles. The van der Waals surface area contributed by atoms with E-state index in [0.717, 1.165) is 11.1 Å². The van der Waals surface area contributed by atoms with Gasteiger partial charge in [0.25, 0.3) is 5.56 Å². The largest absolute Gasteiger partial charge is 0.301 e. The fourth-order valence-corrected chi connectivity index (χ4v) is 1.64. The van der Waals surface area contributed by atoms with Gasteiger partial charge in [-0.2, -0.15) is 0 Å². The molecule has 2 aromatic rings. The zero-order chi connectivity index (χ0) is 9.42. The molecule has 0 saturated carbocycles. The van der Waals surface area contributed by atoms with Crippen molar-refractivity contribution in [3.05, 3.63) is 38.9 Å². The van der Waals surface area contributed by atoms with Crippen molar-refractivity contribution in [2.75, 3.05) is 0 Å². The van der Waals surface area contributed by atoms with Gasteiger partial charge >= 0.3 is 0 Å². The van der Waals surface area contributed by atoms with E-state index >= 15 is 0 Å². The topological polar surface area (TPSA) is 45.8 Å². The number of halogens is 1. The summed E-state index contributed by atoms with van der Waals surface area (Å²) < 4.78 is 0.472. The van der Waals surface area contributed by atoms with E-state index in [4.69, 9.17) is 0 Å². The number of nitrogens with one attached hydrogen (secondary N) is 1. The van der Waals surface area contributed by atoms with Gasteiger partial charge in [-0.25, -0.2) is 4.98 Å². The molecule has 13 heavy (non-hydrogen) atoms. The minimum absolute atomic E-state index is 0.111. The van der Waals surface area contributed by atoms with E-state index < -0.39 is 0 Å². The molecule has 0 unspecified atom stereocenters. The molecule has 1 N–H and O–H groups in total. The standard InChI is InChI=1S/C9H7BrN2O/c1-5-3-2-4-6-7(5)11-9(10)12-8(6)13/h2-4H,1H3,(H,11,12,13). The van der Waals surface area contributed by atoms with Crippen LogP contribution in [0.2, 0.25) is 0 Å². The van der Waals surface area contributed by atoms with Crippen LogP contribution in [0, 0.1) is 6.92 Å². The average Bonchev–Trinajstić information content (AvgIpc) is 2.07. The van der Waals surface area contributed by atoms with E-state index in [1.807, 2.05) is 19.1 Å². The van der Waals surface area contributed by atoms with E-state index in [1.165, 1.54) is 0 Å². The number of fused-ring (bicyclic) bond motifs is 1. The van der Waals surface area contributed by atoms with Gasteiger partial charge < -0.3 is 4.98 Å². The summed E-state index contributed by atoms with van der Waals surface area (Å²) in [6.45, 7) is 1.93. The summed E-state index contributed by atoms with van der Waals surface area (Å²) in [5, 5.41) is 0.628. The third kappa shape index (κ3) is 1.37. The summed E-state index contributed by atoms with van der Waals surface area (Å²) in [6.07, 6.45) is 0. The lowest BCUT2D eigenvalue weighted by Crippen LogP contribution is -2.08. The van der Waals surface area contributed by atoms with Crippen LogP contribution >= 0.6 is 15.9 Å². The van der Waals surface area contributed by atoms with Crippen LogP contribution < -0.4 is 5.56 Å². The lowest BCUT2D eigenvalue weighted by molar-refractivity contribution is 1.11. The third-order valence-corrected chi connectivity index (χ3v) is 2.28. The molecular formula is C9H7BrN2O. The molecule has 0 amide bonds. The summed E-state index contributed by atoms with van der Waals surface area (Å²) >= 11 is 3.15. The molecule has 0 spiro atoms. The normalized spacial score (nSPS) is 10.6. The number of aryl methyl sites for hydroxylation is 1. The van der Waals surface area contributed by atoms with E-state index in [0.29, 0.717) is 10.1 Å². The van der Waals surface area contributed by atoms with Crippen LogP contribution in [-0.4, -0.2) is 9.97 Å². The Morgan fingerprint density at radius 1 is 1.46 bits per heavy atom. The van der Waals surface area contributed by atoms with Gasteiger partial charge in [0.05, 0.1) is 10.9 Å². The van der Waals surface area contributed by atoms with Crippen LogP contribution in [-0.2, 0) is 0 Å². The van der Waals surface area contributed by atoms with Gasteiger partial charge in [-0.15, -0.1) is 0 Å². The third-order valence-electron chi connectivity index (χ3n) is 1.91. The Bertz CT molecular complexity index is 518.